The van der Waals surface area contributed by atoms with E-state index in [1.807, 2.05) is 18.2 Å². The average Bonchev–Trinajstić information content (AvgIpc) is 2.11. The zero-order valence-corrected chi connectivity index (χ0v) is 8.76. The summed E-state index contributed by atoms with van der Waals surface area (Å²) < 4.78 is 5.79. The van der Waals surface area contributed by atoms with Gasteiger partial charge in [0.05, 0.1) is 6.10 Å². The van der Waals surface area contributed by atoms with Crippen LogP contribution in [-0.2, 0) is 6.54 Å². The van der Waals surface area contributed by atoms with Crippen molar-refractivity contribution in [3.8, 4) is 5.75 Å². The van der Waals surface area contributed by atoms with Crippen LogP contribution in [0.2, 0.25) is 5.02 Å². The molecule has 0 spiro atoms. The zero-order chi connectivity index (χ0) is 9.97. The Labute approximate surface area is 89.0 Å². The van der Waals surface area contributed by atoms with Crippen LogP contribution in [0.3, 0.4) is 0 Å². The second-order valence-corrected chi connectivity index (χ2v) is 4.00. The van der Waals surface area contributed by atoms with Crippen LogP contribution in [0.5, 0.6) is 5.75 Å². The maximum Gasteiger partial charge on any atom is 0.125 e. The number of rotatable bonds is 3. The molecule has 1 aromatic carbocycles. The minimum Gasteiger partial charge on any atom is -0.490 e. The number of hydrogen-bond acceptors (Lipinski definition) is 2. The predicted octanol–water partition coefficient (Wildman–Crippen LogP) is 2.73. The molecular weight excluding hydrogens is 198 g/mol. The van der Waals surface area contributed by atoms with Crippen molar-refractivity contribution in [1.82, 2.24) is 0 Å². The Hall–Kier alpha value is -0.730. The van der Waals surface area contributed by atoms with Gasteiger partial charge in [0.2, 0.25) is 0 Å². The van der Waals surface area contributed by atoms with Crippen LogP contribution < -0.4 is 10.5 Å². The summed E-state index contributed by atoms with van der Waals surface area (Å²) in [5, 5.41) is 0.698. The molecule has 2 rings (SSSR count). The fourth-order valence-electron chi connectivity index (χ4n) is 1.52. The number of ether oxygens (including phenoxy) is 1. The fourth-order valence-corrected chi connectivity index (χ4v) is 1.76. The molecule has 2 nitrogen and oxygen atoms in total. The maximum atomic E-state index is 6.01. The van der Waals surface area contributed by atoms with Crippen LogP contribution >= 0.6 is 11.6 Å². The van der Waals surface area contributed by atoms with Crippen molar-refractivity contribution in [2.45, 2.75) is 31.9 Å². The predicted molar refractivity (Wildman–Crippen MR) is 57.6 cm³/mol. The van der Waals surface area contributed by atoms with Crippen molar-refractivity contribution in [2.75, 3.05) is 0 Å². The van der Waals surface area contributed by atoms with E-state index in [-0.39, 0.29) is 0 Å². The SMILES string of the molecule is NCc1c(Cl)cccc1OC1CCC1. The third kappa shape index (κ3) is 1.86. The van der Waals surface area contributed by atoms with Crippen molar-refractivity contribution in [3.63, 3.8) is 0 Å². The van der Waals surface area contributed by atoms with Crippen LogP contribution in [0.15, 0.2) is 18.2 Å². The van der Waals surface area contributed by atoms with E-state index in [0.717, 1.165) is 24.2 Å². The molecule has 0 saturated heterocycles. The largest absolute Gasteiger partial charge is 0.490 e. The highest BCUT2D eigenvalue weighted by Crippen LogP contribution is 2.30. The molecule has 14 heavy (non-hydrogen) atoms. The molecule has 0 bridgehead atoms. The summed E-state index contributed by atoms with van der Waals surface area (Å²) in [6, 6.07) is 5.68. The number of benzene rings is 1. The minimum absolute atomic E-state index is 0.374. The van der Waals surface area contributed by atoms with Gasteiger partial charge in [0.25, 0.3) is 0 Å². The lowest BCUT2D eigenvalue weighted by atomic mass is 9.96. The van der Waals surface area contributed by atoms with Crippen molar-refractivity contribution >= 4 is 11.6 Å². The first kappa shape index (κ1) is 9.81. The quantitative estimate of drug-likeness (QED) is 0.835. The van der Waals surface area contributed by atoms with Gasteiger partial charge in [-0.1, -0.05) is 17.7 Å². The number of halogens is 1. The van der Waals surface area contributed by atoms with Crippen molar-refractivity contribution in [1.29, 1.82) is 0 Å². The molecule has 0 aromatic heterocycles. The lowest BCUT2D eigenvalue weighted by Gasteiger charge is -2.27. The van der Waals surface area contributed by atoms with Gasteiger partial charge in [-0.3, -0.25) is 0 Å². The van der Waals surface area contributed by atoms with E-state index >= 15 is 0 Å². The molecule has 1 aromatic rings. The smallest absolute Gasteiger partial charge is 0.125 e. The second kappa shape index (κ2) is 4.20. The highest BCUT2D eigenvalue weighted by molar-refractivity contribution is 6.31. The molecule has 3 heteroatoms. The van der Waals surface area contributed by atoms with Gasteiger partial charge in [0.15, 0.2) is 0 Å². The summed E-state index contributed by atoms with van der Waals surface area (Å²) in [4.78, 5) is 0. The number of nitrogens with two attached hydrogens (primary N) is 1. The molecular formula is C11H14ClNO. The molecule has 1 fully saturated rings. The molecule has 0 unspecified atom stereocenters. The third-order valence-electron chi connectivity index (χ3n) is 2.63. The van der Waals surface area contributed by atoms with Crippen LogP contribution in [0.4, 0.5) is 0 Å². The van der Waals surface area contributed by atoms with Gasteiger partial charge in [0.1, 0.15) is 5.75 Å². The fraction of sp³-hybridized carbons (Fsp3) is 0.455. The van der Waals surface area contributed by atoms with Crippen molar-refractivity contribution in [2.24, 2.45) is 5.73 Å². The van der Waals surface area contributed by atoms with E-state index in [4.69, 9.17) is 22.1 Å². The average molecular weight is 212 g/mol. The monoisotopic (exact) mass is 211 g/mol. The highest BCUT2D eigenvalue weighted by Gasteiger charge is 2.20. The molecule has 1 aliphatic rings. The van der Waals surface area contributed by atoms with Gasteiger partial charge < -0.3 is 10.5 Å². The molecule has 1 saturated carbocycles. The summed E-state index contributed by atoms with van der Waals surface area (Å²) in [5.74, 6) is 0.852. The van der Waals surface area contributed by atoms with Crippen LogP contribution in [0.1, 0.15) is 24.8 Å². The molecule has 0 heterocycles. The maximum absolute atomic E-state index is 6.01. The first-order chi connectivity index (χ1) is 6.81. The van der Waals surface area contributed by atoms with Gasteiger partial charge in [-0.15, -0.1) is 0 Å². The topological polar surface area (TPSA) is 35.2 Å². The van der Waals surface area contributed by atoms with E-state index in [1.54, 1.807) is 0 Å². The lowest BCUT2D eigenvalue weighted by Crippen LogP contribution is -2.25. The lowest BCUT2D eigenvalue weighted by molar-refractivity contribution is 0.119. The summed E-state index contributed by atoms with van der Waals surface area (Å²) in [7, 11) is 0. The third-order valence-corrected chi connectivity index (χ3v) is 2.98. The van der Waals surface area contributed by atoms with Gasteiger partial charge >= 0.3 is 0 Å². The molecule has 0 aliphatic heterocycles. The van der Waals surface area contributed by atoms with Crippen LogP contribution in [-0.4, -0.2) is 6.10 Å². The standard InChI is InChI=1S/C11H14ClNO/c12-10-5-2-6-11(9(10)7-13)14-8-3-1-4-8/h2,5-6,8H,1,3-4,7,13H2. The van der Waals surface area contributed by atoms with Crippen molar-refractivity contribution < 1.29 is 4.74 Å². The van der Waals surface area contributed by atoms with Gasteiger partial charge in [-0.25, -0.2) is 0 Å². The summed E-state index contributed by atoms with van der Waals surface area (Å²) in [6.07, 6.45) is 3.94. The Kier molecular flexibility index (Phi) is 2.94. The van der Waals surface area contributed by atoms with Crippen LogP contribution in [0.25, 0.3) is 0 Å². The van der Waals surface area contributed by atoms with E-state index < -0.39 is 0 Å². The summed E-state index contributed by atoms with van der Waals surface area (Å²) in [5.41, 5.74) is 6.54. The van der Waals surface area contributed by atoms with E-state index in [0.29, 0.717) is 17.7 Å². The Bertz CT molecular complexity index is 323. The first-order valence-corrected chi connectivity index (χ1v) is 5.33. The van der Waals surface area contributed by atoms with Crippen LogP contribution in [0, 0.1) is 0 Å². The molecule has 0 atom stereocenters. The van der Waals surface area contributed by atoms with Crippen molar-refractivity contribution in [3.05, 3.63) is 28.8 Å². The summed E-state index contributed by atoms with van der Waals surface area (Å²) in [6.45, 7) is 0.432. The van der Waals surface area contributed by atoms with E-state index in [1.165, 1.54) is 6.42 Å². The zero-order valence-electron chi connectivity index (χ0n) is 8.00. The summed E-state index contributed by atoms with van der Waals surface area (Å²) >= 11 is 6.01. The Balaban J connectivity index is 2.17. The van der Waals surface area contributed by atoms with E-state index in [2.05, 4.69) is 0 Å². The van der Waals surface area contributed by atoms with Gasteiger partial charge in [0, 0.05) is 17.1 Å². The molecule has 76 valence electrons. The first-order valence-electron chi connectivity index (χ1n) is 4.95. The highest BCUT2D eigenvalue weighted by atomic mass is 35.5. The normalized spacial score (nSPS) is 16.4. The minimum atomic E-state index is 0.374. The van der Waals surface area contributed by atoms with E-state index in [9.17, 15) is 0 Å². The van der Waals surface area contributed by atoms with Gasteiger partial charge in [-0.2, -0.15) is 0 Å². The second-order valence-electron chi connectivity index (χ2n) is 3.59. The molecule has 2 N–H and O–H groups in total. The Morgan fingerprint density at radius 3 is 2.79 bits per heavy atom. The molecule has 0 radical (unpaired) electrons. The molecule has 1 aliphatic carbocycles. The van der Waals surface area contributed by atoms with Gasteiger partial charge in [-0.05, 0) is 31.4 Å². The molecule has 0 amide bonds. The number of hydrogen-bond donors (Lipinski definition) is 1. The Morgan fingerprint density at radius 2 is 2.21 bits per heavy atom. The Morgan fingerprint density at radius 1 is 1.43 bits per heavy atom.